The van der Waals surface area contributed by atoms with Gasteiger partial charge in [0.15, 0.2) is 0 Å². The largest absolute Gasteiger partial charge is 0.497 e. The Morgan fingerprint density at radius 3 is 2.21 bits per heavy atom. The van der Waals surface area contributed by atoms with Crippen molar-refractivity contribution in [3.8, 4) is 17.2 Å². The zero-order valence-corrected chi connectivity index (χ0v) is 15.1. The van der Waals surface area contributed by atoms with Gasteiger partial charge in [0.1, 0.15) is 17.2 Å². The second-order valence-electron chi connectivity index (χ2n) is 5.63. The predicted octanol–water partition coefficient (Wildman–Crippen LogP) is 3.25. The summed E-state index contributed by atoms with van der Waals surface area (Å²) >= 11 is 0. The molecule has 2 aromatic carbocycles. The highest BCUT2D eigenvalue weighted by atomic mass is 19.3. The molecule has 0 bridgehead atoms. The first-order chi connectivity index (χ1) is 13.3. The van der Waals surface area contributed by atoms with Crippen molar-refractivity contribution >= 4 is 11.9 Å². The minimum atomic E-state index is -2.97. The van der Waals surface area contributed by atoms with Crippen LogP contribution in [0, 0.1) is 0 Å². The molecule has 0 spiro atoms. The topological polar surface area (TPSA) is 94.1 Å². The van der Waals surface area contributed by atoms with E-state index in [0.717, 1.165) is 0 Å². The molecule has 9 heteroatoms. The zero-order chi connectivity index (χ0) is 20.7. The molecule has 0 aliphatic rings. The van der Waals surface area contributed by atoms with Crippen molar-refractivity contribution in [1.82, 2.24) is 5.32 Å². The predicted molar refractivity (Wildman–Crippen MR) is 95.1 cm³/mol. The standard InChI is InChI=1S/C19H19F2NO6/c1-26-13-7-8-14(16(9-13)27-2)15(10-17(23)24)22-18(25)11-3-5-12(6-4-11)28-19(20)21/h3-9,15,19H,10H2,1-2H3,(H,22,25)(H,23,24). The normalized spacial score (nSPS) is 11.6. The van der Waals surface area contributed by atoms with E-state index < -0.39 is 24.5 Å². The molecule has 0 saturated carbocycles. The Balaban J connectivity index is 2.24. The van der Waals surface area contributed by atoms with Crippen LogP contribution in [-0.4, -0.2) is 37.8 Å². The summed E-state index contributed by atoms with van der Waals surface area (Å²) in [5.74, 6) is -0.927. The van der Waals surface area contributed by atoms with Crippen LogP contribution in [0.25, 0.3) is 0 Å². The SMILES string of the molecule is COc1ccc(C(CC(=O)O)NC(=O)c2ccc(OC(F)F)cc2)c(OC)c1. The van der Waals surface area contributed by atoms with Gasteiger partial charge in [0, 0.05) is 17.2 Å². The van der Waals surface area contributed by atoms with Crippen LogP contribution in [0.2, 0.25) is 0 Å². The molecule has 0 heterocycles. The van der Waals surface area contributed by atoms with Crippen LogP contribution >= 0.6 is 0 Å². The van der Waals surface area contributed by atoms with Crippen LogP contribution in [0.3, 0.4) is 0 Å². The molecule has 1 unspecified atom stereocenters. The third kappa shape index (κ3) is 5.57. The van der Waals surface area contributed by atoms with Crippen molar-refractivity contribution < 1.29 is 37.7 Å². The minimum absolute atomic E-state index is 0.0922. The molecule has 150 valence electrons. The van der Waals surface area contributed by atoms with Crippen molar-refractivity contribution in [3.63, 3.8) is 0 Å². The van der Waals surface area contributed by atoms with E-state index in [0.29, 0.717) is 17.1 Å². The average Bonchev–Trinajstić information content (AvgIpc) is 2.66. The summed E-state index contributed by atoms with van der Waals surface area (Å²) in [5, 5.41) is 11.8. The second-order valence-corrected chi connectivity index (χ2v) is 5.63. The van der Waals surface area contributed by atoms with Crippen molar-refractivity contribution in [2.75, 3.05) is 14.2 Å². The lowest BCUT2D eigenvalue weighted by molar-refractivity contribution is -0.137. The second kappa shape index (κ2) is 9.54. The van der Waals surface area contributed by atoms with Gasteiger partial charge in [-0.25, -0.2) is 0 Å². The molecular formula is C19H19F2NO6. The first-order valence-electron chi connectivity index (χ1n) is 8.13. The van der Waals surface area contributed by atoms with Gasteiger partial charge in [-0.3, -0.25) is 9.59 Å². The molecule has 0 fully saturated rings. The third-order valence-electron chi connectivity index (χ3n) is 3.84. The molecule has 2 aromatic rings. The lowest BCUT2D eigenvalue weighted by Gasteiger charge is -2.20. The number of alkyl halides is 2. The zero-order valence-electron chi connectivity index (χ0n) is 15.1. The number of nitrogens with one attached hydrogen (secondary N) is 1. The highest BCUT2D eigenvalue weighted by molar-refractivity contribution is 5.94. The number of rotatable bonds is 9. The quantitative estimate of drug-likeness (QED) is 0.677. The average molecular weight is 395 g/mol. The van der Waals surface area contributed by atoms with Gasteiger partial charge in [-0.05, 0) is 36.4 Å². The Kier molecular flexibility index (Phi) is 7.14. The van der Waals surface area contributed by atoms with Gasteiger partial charge < -0.3 is 24.6 Å². The van der Waals surface area contributed by atoms with Crippen LogP contribution in [0.4, 0.5) is 8.78 Å². The van der Waals surface area contributed by atoms with Gasteiger partial charge in [0.2, 0.25) is 0 Å². The van der Waals surface area contributed by atoms with E-state index in [4.69, 9.17) is 9.47 Å². The van der Waals surface area contributed by atoms with Gasteiger partial charge >= 0.3 is 12.6 Å². The first kappa shape index (κ1) is 20.9. The van der Waals surface area contributed by atoms with E-state index in [1.807, 2.05) is 0 Å². The highest BCUT2D eigenvalue weighted by Crippen LogP contribution is 2.31. The highest BCUT2D eigenvalue weighted by Gasteiger charge is 2.23. The Bertz CT molecular complexity index is 826. The lowest BCUT2D eigenvalue weighted by atomic mass is 10.0. The number of carboxylic acid groups (broad SMARTS) is 1. The number of methoxy groups -OCH3 is 2. The van der Waals surface area contributed by atoms with Crippen LogP contribution in [0.5, 0.6) is 17.2 Å². The molecule has 0 aliphatic carbocycles. The molecule has 0 saturated heterocycles. The Morgan fingerprint density at radius 1 is 1.04 bits per heavy atom. The monoisotopic (exact) mass is 395 g/mol. The van der Waals surface area contributed by atoms with Gasteiger partial charge in [-0.15, -0.1) is 0 Å². The number of carbonyl (C=O) groups is 2. The Morgan fingerprint density at radius 2 is 1.68 bits per heavy atom. The number of halogens is 2. The van der Waals surface area contributed by atoms with E-state index in [1.54, 1.807) is 18.2 Å². The fourth-order valence-electron chi connectivity index (χ4n) is 2.55. The number of hydrogen-bond acceptors (Lipinski definition) is 5. The number of amides is 1. The molecule has 1 amide bonds. The molecule has 7 nitrogen and oxygen atoms in total. The number of carbonyl (C=O) groups excluding carboxylic acids is 1. The van der Waals surface area contributed by atoms with Crippen molar-refractivity contribution in [1.29, 1.82) is 0 Å². The number of benzene rings is 2. The molecule has 0 aromatic heterocycles. The van der Waals surface area contributed by atoms with E-state index >= 15 is 0 Å². The molecule has 2 N–H and O–H groups in total. The number of hydrogen-bond donors (Lipinski definition) is 2. The Labute approximate surface area is 159 Å². The number of aliphatic carboxylic acids is 1. The fraction of sp³-hybridized carbons (Fsp3) is 0.263. The summed E-state index contributed by atoms with van der Waals surface area (Å²) in [5.41, 5.74) is 0.612. The molecule has 2 rings (SSSR count). The van der Waals surface area contributed by atoms with Crippen LogP contribution in [-0.2, 0) is 4.79 Å². The summed E-state index contributed by atoms with van der Waals surface area (Å²) < 4.78 is 39.0. The van der Waals surface area contributed by atoms with Gasteiger partial charge in [-0.2, -0.15) is 8.78 Å². The maximum Gasteiger partial charge on any atom is 0.387 e. The number of carboxylic acids is 1. The van der Waals surface area contributed by atoms with E-state index in [-0.39, 0.29) is 17.7 Å². The van der Waals surface area contributed by atoms with Crippen molar-refractivity contribution in [2.24, 2.45) is 0 Å². The van der Waals surface area contributed by atoms with E-state index in [2.05, 4.69) is 10.1 Å². The Hall–Kier alpha value is -3.36. The van der Waals surface area contributed by atoms with Crippen LogP contribution < -0.4 is 19.5 Å². The van der Waals surface area contributed by atoms with Crippen molar-refractivity contribution in [2.45, 2.75) is 19.1 Å². The summed E-state index contributed by atoms with van der Waals surface area (Å²) in [6.45, 7) is -2.97. The fourth-order valence-corrected chi connectivity index (χ4v) is 2.55. The van der Waals surface area contributed by atoms with Gasteiger partial charge in [0.25, 0.3) is 5.91 Å². The number of ether oxygens (including phenoxy) is 3. The summed E-state index contributed by atoms with van der Waals surface area (Å²) in [6.07, 6.45) is -0.388. The molecule has 28 heavy (non-hydrogen) atoms. The summed E-state index contributed by atoms with van der Waals surface area (Å²) in [7, 11) is 2.89. The smallest absolute Gasteiger partial charge is 0.387 e. The van der Waals surface area contributed by atoms with Crippen LogP contribution in [0.1, 0.15) is 28.4 Å². The van der Waals surface area contributed by atoms with Gasteiger partial charge in [0.05, 0.1) is 26.7 Å². The molecule has 0 radical (unpaired) electrons. The van der Waals surface area contributed by atoms with Crippen molar-refractivity contribution in [3.05, 3.63) is 53.6 Å². The molecule has 0 aliphatic heterocycles. The lowest BCUT2D eigenvalue weighted by Crippen LogP contribution is -2.30. The third-order valence-corrected chi connectivity index (χ3v) is 3.84. The van der Waals surface area contributed by atoms with E-state index in [1.165, 1.54) is 38.5 Å². The van der Waals surface area contributed by atoms with Gasteiger partial charge in [-0.1, -0.05) is 0 Å². The first-order valence-corrected chi connectivity index (χ1v) is 8.13. The van der Waals surface area contributed by atoms with E-state index in [9.17, 15) is 23.5 Å². The maximum atomic E-state index is 12.5. The summed E-state index contributed by atoms with van der Waals surface area (Å²) in [6, 6.07) is 8.96. The molecule has 1 atom stereocenters. The molecular weight excluding hydrogens is 376 g/mol. The minimum Gasteiger partial charge on any atom is -0.497 e. The summed E-state index contributed by atoms with van der Waals surface area (Å²) in [4.78, 5) is 23.8. The van der Waals surface area contributed by atoms with Crippen LogP contribution in [0.15, 0.2) is 42.5 Å². The maximum absolute atomic E-state index is 12.5.